The third-order valence-corrected chi connectivity index (χ3v) is 7.31. The van der Waals surface area contributed by atoms with Crippen molar-refractivity contribution >= 4 is 32.7 Å². The molecule has 1 aliphatic rings. The highest BCUT2D eigenvalue weighted by molar-refractivity contribution is 6.10. The topological polar surface area (TPSA) is 22.4 Å². The molecule has 0 bridgehead atoms. The number of rotatable bonds is 2. The van der Waals surface area contributed by atoms with Crippen molar-refractivity contribution in [3.63, 3.8) is 0 Å². The number of benzene rings is 6. The van der Waals surface area contributed by atoms with Crippen LogP contribution in [0.1, 0.15) is 0 Å². The molecule has 0 fully saturated rings. The highest BCUT2D eigenvalue weighted by Gasteiger charge is 2.21. The van der Waals surface area contributed by atoms with Gasteiger partial charge in [0.2, 0.25) is 0 Å². The van der Waals surface area contributed by atoms with Gasteiger partial charge in [0.25, 0.3) is 0 Å². The van der Waals surface area contributed by atoms with E-state index in [2.05, 4.69) is 97.1 Å². The van der Waals surface area contributed by atoms with Crippen molar-refractivity contribution in [2.75, 3.05) is 0 Å². The van der Waals surface area contributed by atoms with Gasteiger partial charge < -0.3 is 9.15 Å². The summed E-state index contributed by atoms with van der Waals surface area (Å²) >= 11 is 0. The average molecular weight is 461 g/mol. The van der Waals surface area contributed by atoms with Crippen LogP contribution in [-0.2, 0) is 0 Å². The van der Waals surface area contributed by atoms with Crippen LogP contribution in [0.3, 0.4) is 0 Å². The average Bonchev–Trinajstić information content (AvgIpc) is 3.31. The zero-order chi connectivity index (χ0) is 23.6. The molecular weight excluding hydrogens is 440 g/mol. The lowest BCUT2D eigenvalue weighted by Gasteiger charge is -2.22. The van der Waals surface area contributed by atoms with Crippen molar-refractivity contribution in [2.24, 2.45) is 0 Å². The Bertz CT molecular complexity index is 1960. The molecule has 0 saturated carbocycles. The van der Waals surface area contributed by atoms with E-state index in [0.29, 0.717) is 0 Å². The van der Waals surface area contributed by atoms with Crippen LogP contribution < -0.4 is 4.74 Å². The van der Waals surface area contributed by atoms with Crippen molar-refractivity contribution < 1.29 is 9.15 Å². The van der Waals surface area contributed by atoms with Gasteiger partial charge in [-0.25, -0.2) is 0 Å². The van der Waals surface area contributed by atoms with Gasteiger partial charge in [-0.1, -0.05) is 91.0 Å². The highest BCUT2D eigenvalue weighted by Crippen LogP contribution is 2.48. The van der Waals surface area contributed by atoms with Gasteiger partial charge >= 0.3 is 0 Å². The predicted molar refractivity (Wildman–Crippen MR) is 148 cm³/mol. The molecule has 0 radical (unpaired) electrons. The molecule has 2 heteroatoms. The molecule has 36 heavy (non-hydrogen) atoms. The first-order valence-electron chi connectivity index (χ1n) is 12.2. The second kappa shape index (κ2) is 7.34. The maximum absolute atomic E-state index is 6.27. The first-order chi connectivity index (χ1) is 17.8. The number of hydrogen-bond acceptors (Lipinski definition) is 2. The number of furan rings is 1. The normalized spacial score (nSPS) is 12.1. The molecule has 6 aromatic carbocycles. The minimum absolute atomic E-state index is 0.913. The molecule has 0 spiro atoms. The van der Waals surface area contributed by atoms with Crippen molar-refractivity contribution in [3.05, 3.63) is 121 Å². The van der Waals surface area contributed by atoms with E-state index in [-0.39, 0.29) is 0 Å². The molecule has 0 unspecified atom stereocenters. The van der Waals surface area contributed by atoms with Crippen LogP contribution in [0.2, 0.25) is 0 Å². The molecule has 2 heterocycles. The van der Waals surface area contributed by atoms with Crippen LogP contribution in [0, 0.1) is 0 Å². The Labute approximate surface area is 208 Å². The summed E-state index contributed by atoms with van der Waals surface area (Å²) < 4.78 is 12.4. The smallest absolute Gasteiger partial charge is 0.136 e. The summed E-state index contributed by atoms with van der Waals surface area (Å²) in [4.78, 5) is 0. The molecule has 7 aromatic rings. The largest absolute Gasteiger partial charge is 0.456 e. The molecule has 1 aliphatic heterocycles. The SMILES string of the molecule is c1ccc2c(c1)Oc1ccc(-c3ccc(-c4ccc5c(c4)oc4ccccc45)cc3)c3cccc-2c13. The van der Waals surface area contributed by atoms with Gasteiger partial charge in [0.1, 0.15) is 22.7 Å². The Balaban J connectivity index is 1.22. The fourth-order valence-electron chi connectivity index (χ4n) is 5.58. The molecule has 8 rings (SSSR count). The molecule has 0 atom stereocenters. The zero-order valence-corrected chi connectivity index (χ0v) is 19.4. The molecule has 1 aromatic heterocycles. The van der Waals surface area contributed by atoms with Gasteiger partial charge in [0.15, 0.2) is 0 Å². The van der Waals surface area contributed by atoms with Gasteiger partial charge in [0.05, 0.1) is 0 Å². The molecule has 0 amide bonds. The molecular formula is C34H20O2. The van der Waals surface area contributed by atoms with Crippen LogP contribution in [0.15, 0.2) is 126 Å². The van der Waals surface area contributed by atoms with Gasteiger partial charge in [-0.15, -0.1) is 0 Å². The van der Waals surface area contributed by atoms with E-state index >= 15 is 0 Å². The van der Waals surface area contributed by atoms with E-state index in [1.807, 2.05) is 24.3 Å². The van der Waals surface area contributed by atoms with Gasteiger partial charge in [0, 0.05) is 21.7 Å². The molecule has 0 saturated heterocycles. The van der Waals surface area contributed by atoms with Crippen LogP contribution in [0.25, 0.3) is 66.1 Å². The van der Waals surface area contributed by atoms with E-state index in [9.17, 15) is 0 Å². The lowest BCUT2D eigenvalue weighted by molar-refractivity contribution is 0.487. The van der Waals surface area contributed by atoms with E-state index in [1.54, 1.807) is 0 Å². The maximum Gasteiger partial charge on any atom is 0.136 e. The lowest BCUT2D eigenvalue weighted by Crippen LogP contribution is -1.97. The maximum atomic E-state index is 6.27. The quantitative estimate of drug-likeness (QED) is 0.256. The number of ether oxygens (including phenoxy) is 1. The monoisotopic (exact) mass is 460 g/mol. The Kier molecular flexibility index (Phi) is 3.97. The van der Waals surface area contributed by atoms with Crippen molar-refractivity contribution in [1.29, 1.82) is 0 Å². The number of fused-ring (bicyclic) bond motifs is 5. The van der Waals surface area contributed by atoms with E-state index in [0.717, 1.165) is 44.6 Å². The van der Waals surface area contributed by atoms with E-state index in [1.165, 1.54) is 33.0 Å². The van der Waals surface area contributed by atoms with E-state index in [4.69, 9.17) is 9.15 Å². The molecule has 0 aliphatic carbocycles. The van der Waals surface area contributed by atoms with Crippen LogP contribution in [-0.4, -0.2) is 0 Å². The minimum atomic E-state index is 0.913. The zero-order valence-electron chi connectivity index (χ0n) is 19.4. The van der Waals surface area contributed by atoms with Gasteiger partial charge in [-0.3, -0.25) is 0 Å². The highest BCUT2D eigenvalue weighted by atomic mass is 16.5. The predicted octanol–water partition coefficient (Wildman–Crippen LogP) is 9.85. The Morgan fingerprint density at radius 2 is 1.11 bits per heavy atom. The standard InChI is InChI=1S/C34H20O2/c1-3-10-30-25(6-1)27-17-16-23(20-33(27)36-30)21-12-14-22(15-13-21)24-18-19-32-34-28(24)8-5-9-29(34)26-7-2-4-11-31(26)35-32/h1-20H. The summed E-state index contributed by atoms with van der Waals surface area (Å²) in [6.45, 7) is 0. The van der Waals surface area contributed by atoms with Crippen molar-refractivity contribution in [3.8, 4) is 44.9 Å². The molecule has 2 nitrogen and oxygen atoms in total. The Morgan fingerprint density at radius 3 is 2.06 bits per heavy atom. The second-order valence-electron chi connectivity index (χ2n) is 9.32. The summed E-state index contributed by atoms with van der Waals surface area (Å²) in [7, 11) is 0. The summed E-state index contributed by atoms with van der Waals surface area (Å²) in [5.74, 6) is 1.83. The van der Waals surface area contributed by atoms with Crippen LogP contribution >= 0.6 is 0 Å². The summed E-state index contributed by atoms with van der Waals surface area (Å²) in [5.41, 5.74) is 8.92. The second-order valence-corrected chi connectivity index (χ2v) is 9.32. The van der Waals surface area contributed by atoms with Crippen LogP contribution in [0.4, 0.5) is 0 Å². The number of hydrogen-bond donors (Lipinski definition) is 0. The van der Waals surface area contributed by atoms with Crippen LogP contribution in [0.5, 0.6) is 11.5 Å². The third kappa shape index (κ3) is 2.79. The third-order valence-electron chi connectivity index (χ3n) is 7.31. The van der Waals surface area contributed by atoms with E-state index < -0.39 is 0 Å². The lowest BCUT2D eigenvalue weighted by atomic mass is 9.90. The molecule has 168 valence electrons. The Hall–Kier alpha value is -4.82. The fraction of sp³-hybridized carbons (Fsp3) is 0. The number of para-hydroxylation sites is 2. The first-order valence-corrected chi connectivity index (χ1v) is 12.2. The first kappa shape index (κ1) is 19.5. The van der Waals surface area contributed by atoms with Gasteiger partial charge in [-0.2, -0.15) is 0 Å². The van der Waals surface area contributed by atoms with Gasteiger partial charge in [-0.05, 0) is 63.5 Å². The van der Waals surface area contributed by atoms with Crippen molar-refractivity contribution in [1.82, 2.24) is 0 Å². The summed E-state index contributed by atoms with van der Waals surface area (Å²) in [5, 5.41) is 4.69. The minimum Gasteiger partial charge on any atom is -0.456 e. The summed E-state index contributed by atoms with van der Waals surface area (Å²) in [6.07, 6.45) is 0. The Morgan fingerprint density at radius 1 is 0.389 bits per heavy atom. The van der Waals surface area contributed by atoms with Crippen molar-refractivity contribution in [2.45, 2.75) is 0 Å². The molecule has 0 N–H and O–H groups in total. The summed E-state index contributed by atoms with van der Waals surface area (Å²) in [6, 6.07) is 42.5. The fourth-order valence-corrected chi connectivity index (χ4v) is 5.58.